The van der Waals surface area contributed by atoms with Gasteiger partial charge in [0.15, 0.2) is 0 Å². The lowest BCUT2D eigenvalue weighted by Gasteiger charge is -2.22. The largest absolute Gasteiger partial charge is 0.396 e. The molecule has 0 radical (unpaired) electrons. The quantitative estimate of drug-likeness (QED) is 0.456. The summed E-state index contributed by atoms with van der Waals surface area (Å²) < 4.78 is 0. The van der Waals surface area contributed by atoms with Gasteiger partial charge in [-0.05, 0) is 5.92 Å². The summed E-state index contributed by atoms with van der Waals surface area (Å²) in [6, 6.07) is 1.67. The molecule has 0 aliphatic carbocycles. The fourth-order valence-corrected chi connectivity index (χ4v) is 1.32. The summed E-state index contributed by atoms with van der Waals surface area (Å²) in [7, 11) is 0. The van der Waals surface area contributed by atoms with Crippen LogP contribution in [0, 0.1) is 5.92 Å². The Morgan fingerprint density at radius 3 is 2.79 bits per heavy atom. The van der Waals surface area contributed by atoms with E-state index in [2.05, 4.69) is 18.8 Å². The van der Waals surface area contributed by atoms with Crippen LogP contribution in [0.4, 0.5) is 11.4 Å². The van der Waals surface area contributed by atoms with E-state index >= 15 is 0 Å². The molecule has 14 heavy (non-hydrogen) atoms. The van der Waals surface area contributed by atoms with Crippen molar-refractivity contribution in [3.05, 3.63) is 17.4 Å². The molecule has 0 saturated carbocycles. The summed E-state index contributed by atoms with van der Waals surface area (Å²) in [5, 5.41) is 1.99. The number of nitrogen functional groups attached to an aromatic ring is 1. The highest BCUT2D eigenvalue weighted by molar-refractivity contribution is 6.29. The maximum Gasteiger partial charge on any atom is 0.131 e. The normalized spacial score (nSPS) is 10.6. The number of pyridine rings is 1. The number of nitrogens with zero attached hydrogens (tertiary/aromatic N) is 2. The van der Waals surface area contributed by atoms with Gasteiger partial charge in [-0.3, -0.25) is 0 Å². The number of hydrogen-bond donors (Lipinski definition) is 2. The molecule has 0 saturated heterocycles. The van der Waals surface area contributed by atoms with Gasteiger partial charge in [0.05, 0.1) is 17.6 Å². The topological polar surface area (TPSA) is 68.2 Å². The number of aromatic nitrogens is 1. The minimum absolute atomic E-state index is 0.397. The zero-order valence-electron chi connectivity index (χ0n) is 8.37. The van der Waals surface area contributed by atoms with Gasteiger partial charge in [-0.1, -0.05) is 25.4 Å². The fraction of sp³-hybridized carbons (Fsp3) is 0.444. The molecule has 78 valence electrons. The van der Waals surface area contributed by atoms with Crippen molar-refractivity contribution in [2.75, 3.05) is 17.3 Å². The molecule has 0 aliphatic heterocycles. The number of hydrazine groups is 1. The van der Waals surface area contributed by atoms with E-state index in [1.807, 2.05) is 0 Å². The Morgan fingerprint density at radius 2 is 2.21 bits per heavy atom. The molecular formula is C9H15ClN4. The highest BCUT2D eigenvalue weighted by atomic mass is 35.5. The van der Waals surface area contributed by atoms with Gasteiger partial charge >= 0.3 is 0 Å². The molecule has 1 rings (SSSR count). The molecule has 0 aliphatic rings. The van der Waals surface area contributed by atoms with Crippen molar-refractivity contribution in [3.8, 4) is 0 Å². The molecular weight excluding hydrogens is 200 g/mol. The van der Waals surface area contributed by atoms with E-state index in [4.69, 9.17) is 23.2 Å². The van der Waals surface area contributed by atoms with Crippen LogP contribution in [0.15, 0.2) is 12.3 Å². The van der Waals surface area contributed by atoms with Crippen LogP contribution < -0.4 is 16.6 Å². The molecule has 0 aromatic carbocycles. The van der Waals surface area contributed by atoms with Gasteiger partial charge in [0.1, 0.15) is 5.15 Å². The lowest BCUT2D eigenvalue weighted by atomic mass is 10.2. The molecule has 4 nitrogen and oxygen atoms in total. The van der Waals surface area contributed by atoms with Gasteiger partial charge < -0.3 is 10.7 Å². The van der Waals surface area contributed by atoms with E-state index in [1.54, 1.807) is 11.1 Å². The van der Waals surface area contributed by atoms with Crippen LogP contribution in [0.3, 0.4) is 0 Å². The van der Waals surface area contributed by atoms with Crippen LogP contribution in [-0.4, -0.2) is 11.5 Å². The standard InChI is InChI=1S/C9H15ClN4/c1-6(2)5-14(12)8-3-9(10)13-4-7(8)11/h3-4,6H,5,11-12H2,1-2H3. The zero-order chi connectivity index (χ0) is 10.7. The highest BCUT2D eigenvalue weighted by Gasteiger charge is 2.08. The number of halogens is 1. The highest BCUT2D eigenvalue weighted by Crippen LogP contribution is 2.23. The van der Waals surface area contributed by atoms with Crippen molar-refractivity contribution >= 4 is 23.0 Å². The van der Waals surface area contributed by atoms with Crippen LogP contribution in [-0.2, 0) is 0 Å². The van der Waals surface area contributed by atoms with Gasteiger partial charge in [-0.25, -0.2) is 10.8 Å². The van der Waals surface area contributed by atoms with Gasteiger partial charge in [-0.2, -0.15) is 0 Å². The monoisotopic (exact) mass is 214 g/mol. The number of rotatable bonds is 3. The molecule has 0 bridgehead atoms. The second kappa shape index (κ2) is 4.48. The smallest absolute Gasteiger partial charge is 0.131 e. The average molecular weight is 215 g/mol. The molecule has 0 fully saturated rings. The SMILES string of the molecule is CC(C)CN(N)c1cc(Cl)ncc1N. The predicted molar refractivity (Wildman–Crippen MR) is 60.0 cm³/mol. The van der Waals surface area contributed by atoms with Crippen molar-refractivity contribution in [1.82, 2.24) is 4.98 Å². The van der Waals surface area contributed by atoms with Gasteiger partial charge in [0.25, 0.3) is 0 Å². The van der Waals surface area contributed by atoms with Crippen LogP contribution in [0.2, 0.25) is 5.15 Å². The Balaban J connectivity index is 2.88. The number of nitrogens with two attached hydrogens (primary N) is 2. The summed E-state index contributed by atoms with van der Waals surface area (Å²) >= 11 is 5.75. The summed E-state index contributed by atoms with van der Waals surface area (Å²) in [6.07, 6.45) is 1.51. The first kappa shape index (κ1) is 11.1. The van der Waals surface area contributed by atoms with Gasteiger partial charge in [-0.15, -0.1) is 0 Å². The number of hydrogen-bond acceptors (Lipinski definition) is 4. The first-order chi connectivity index (χ1) is 6.50. The molecule has 0 amide bonds. The van der Waals surface area contributed by atoms with Crippen LogP contribution in [0.25, 0.3) is 0 Å². The van der Waals surface area contributed by atoms with E-state index in [9.17, 15) is 0 Å². The van der Waals surface area contributed by atoms with Crippen molar-refractivity contribution in [1.29, 1.82) is 0 Å². The Kier molecular flexibility index (Phi) is 3.55. The number of anilines is 2. The lowest BCUT2D eigenvalue weighted by molar-refractivity contribution is 0.621. The third kappa shape index (κ3) is 2.75. The second-order valence-corrected chi connectivity index (χ2v) is 4.00. The van der Waals surface area contributed by atoms with Crippen molar-refractivity contribution < 1.29 is 0 Å². The first-order valence-corrected chi connectivity index (χ1v) is 4.81. The molecule has 4 N–H and O–H groups in total. The summed E-state index contributed by atoms with van der Waals surface area (Å²) in [5.41, 5.74) is 6.98. The van der Waals surface area contributed by atoms with Crippen LogP contribution in [0.1, 0.15) is 13.8 Å². The molecule has 0 unspecified atom stereocenters. The molecule has 1 aromatic rings. The van der Waals surface area contributed by atoms with Crippen molar-refractivity contribution in [2.24, 2.45) is 11.8 Å². The average Bonchev–Trinajstić information content (AvgIpc) is 2.08. The molecule has 5 heteroatoms. The van der Waals surface area contributed by atoms with Crippen LogP contribution >= 0.6 is 11.6 Å². The minimum Gasteiger partial charge on any atom is -0.396 e. The Hall–Kier alpha value is -1.00. The maximum absolute atomic E-state index is 5.83. The van der Waals surface area contributed by atoms with E-state index in [0.717, 1.165) is 12.2 Å². The van der Waals surface area contributed by atoms with Gasteiger partial charge in [0.2, 0.25) is 0 Å². The fourth-order valence-electron chi connectivity index (χ4n) is 1.17. The summed E-state index contributed by atoms with van der Waals surface area (Å²) in [5.74, 6) is 6.30. The van der Waals surface area contributed by atoms with E-state index in [-0.39, 0.29) is 0 Å². The first-order valence-electron chi connectivity index (χ1n) is 4.44. The summed E-state index contributed by atoms with van der Waals surface area (Å²) in [6.45, 7) is 4.89. The molecule has 0 atom stereocenters. The molecule has 1 heterocycles. The third-order valence-electron chi connectivity index (χ3n) is 1.75. The maximum atomic E-state index is 5.83. The van der Waals surface area contributed by atoms with E-state index in [1.165, 1.54) is 6.20 Å². The van der Waals surface area contributed by atoms with Crippen molar-refractivity contribution in [3.63, 3.8) is 0 Å². The third-order valence-corrected chi connectivity index (χ3v) is 1.96. The van der Waals surface area contributed by atoms with Crippen LogP contribution in [0.5, 0.6) is 0 Å². The Morgan fingerprint density at radius 1 is 1.57 bits per heavy atom. The van der Waals surface area contributed by atoms with E-state index < -0.39 is 0 Å². The predicted octanol–water partition coefficient (Wildman–Crippen LogP) is 1.65. The Labute approximate surface area is 88.8 Å². The molecule has 0 spiro atoms. The minimum atomic E-state index is 0.397. The molecule has 1 aromatic heterocycles. The van der Waals surface area contributed by atoms with Crippen molar-refractivity contribution in [2.45, 2.75) is 13.8 Å². The zero-order valence-corrected chi connectivity index (χ0v) is 9.12. The lowest BCUT2D eigenvalue weighted by Crippen LogP contribution is -2.34. The summed E-state index contributed by atoms with van der Waals surface area (Å²) in [4.78, 5) is 3.86. The second-order valence-electron chi connectivity index (χ2n) is 3.61. The van der Waals surface area contributed by atoms with E-state index in [0.29, 0.717) is 16.8 Å². The van der Waals surface area contributed by atoms with Gasteiger partial charge in [0, 0.05) is 12.6 Å². The Bertz CT molecular complexity index is 314.